The molecule has 0 saturated carbocycles. The third kappa shape index (κ3) is 5.62. The number of halogens is 6. The van der Waals surface area contributed by atoms with Gasteiger partial charge in [-0.25, -0.2) is 22.9 Å². The fourth-order valence-corrected chi connectivity index (χ4v) is 3.69. The van der Waals surface area contributed by atoms with Crippen LogP contribution in [0.4, 0.5) is 18.9 Å². The number of ether oxygens (including phenoxy) is 1. The van der Waals surface area contributed by atoms with Crippen molar-refractivity contribution in [2.75, 3.05) is 5.32 Å². The predicted molar refractivity (Wildman–Crippen MR) is 130 cm³/mol. The summed E-state index contributed by atoms with van der Waals surface area (Å²) in [6, 6.07) is 13.7. The molecule has 1 heterocycles. The first-order valence-electron chi connectivity index (χ1n) is 10.0. The second-order valence-corrected chi connectivity index (χ2v) is 8.44. The fourth-order valence-electron chi connectivity index (χ4n) is 3.16. The van der Waals surface area contributed by atoms with Crippen LogP contribution in [0, 0.1) is 17.5 Å². The second-order valence-electron chi connectivity index (χ2n) is 7.29. The molecule has 0 aliphatic carbocycles. The van der Waals surface area contributed by atoms with Gasteiger partial charge in [-0.1, -0.05) is 40.9 Å². The standard InChI is InChI=1S/C25H12Cl3F3N2O3/c26-13-2-5-15(6-3-13)32-24(34)17-9-12(16-7-4-14(29)10-19(16)30)1-8-21(17)36-25(35)18-11-20(31)23(28)33-22(18)27/h1-11H,(H,32,34). The molecule has 0 saturated heterocycles. The van der Waals surface area contributed by atoms with E-state index in [-0.39, 0.29) is 22.4 Å². The maximum absolute atomic E-state index is 14.4. The van der Waals surface area contributed by atoms with Gasteiger partial charge in [0.05, 0.1) is 5.56 Å². The summed E-state index contributed by atoms with van der Waals surface area (Å²) in [6.07, 6.45) is 0. The normalized spacial score (nSPS) is 10.7. The van der Waals surface area contributed by atoms with E-state index in [1.165, 1.54) is 36.4 Å². The van der Waals surface area contributed by atoms with Gasteiger partial charge in [0, 0.05) is 22.3 Å². The summed E-state index contributed by atoms with van der Waals surface area (Å²) >= 11 is 17.3. The molecule has 36 heavy (non-hydrogen) atoms. The quantitative estimate of drug-likeness (QED) is 0.158. The van der Waals surface area contributed by atoms with Gasteiger partial charge in [0.2, 0.25) is 0 Å². The largest absolute Gasteiger partial charge is 0.422 e. The van der Waals surface area contributed by atoms with E-state index < -0.39 is 45.2 Å². The van der Waals surface area contributed by atoms with Crippen LogP contribution in [0.1, 0.15) is 20.7 Å². The number of pyridine rings is 1. The van der Waals surface area contributed by atoms with Crippen LogP contribution in [0.15, 0.2) is 66.7 Å². The van der Waals surface area contributed by atoms with Gasteiger partial charge >= 0.3 is 5.97 Å². The molecule has 4 aromatic rings. The van der Waals surface area contributed by atoms with E-state index in [0.717, 1.165) is 12.1 Å². The highest BCUT2D eigenvalue weighted by Gasteiger charge is 2.22. The van der Waals surface area contributed by atoms with E-state index in [0.29, 0.717) is 16.8 Å². The number of carbonyl (C=O) groups is 2. The lowest BCUT2D eigenvalue weighted by Gasteiger charge is -2.14. The second kappa shape index (κ2) is 10.6. The van der Waals surface area contributed by atoms with Crippen LogP contribution >= 0.6 is 34.8 Å². The minimum absolute atomic E-state index is 0.00170. The highest BCUT2D eigenvalue weighted by molar-refractivity contribution is 6.34. The molecule has 0 fully saturated rings. The van der Waals surface area contributed by atoms with Crippen molar-refractivity contribution in [1.82, 2.24) is 4.98 Å². The molecule has 5 nitrogen and oxygen atoms in total. The number of benzene rings is 3. The Morgan fingerprint density at radius 1 is 0.778 bits per heavy atom. The molecule has 1 amide bonds. The topological polar surface area (TPSA) is 68.3 Å². The number of hydrogen-bond donors (Lipinski definition) is 1. The Morgan fingerprint density at radius 3 is 2.19 bits per heavy atom. The first-order valence-corrected chi connectivity index (χ1v) is 11.2. The highest BCUT2D eigenvalue weighted by atomic mass is 35.5. The van der Waals surface area contributed by atoms with Crippen molar-refractivity contribution in [1.29, 1.82) is 0 Å². The van der Waals surface area contributed by atoms with Crippen LogP contribution in [0.3, 0.4) is 0 Å². The molecule has 4 rings (SSSR count). The number of anilines is 1. The monoisotopic (exact) mass is 550 g/mol. The van der Waals surface area contributed by atoms with Crippen LogP contribution in [-0.2, 0) is 0 Å². The summed E-state index contributed by atoms with van der Waals surface area (Å²) < 4.78 is 46.9. The summed E-state index contributed by atoms with van der Waals surface area (Å²) in [4.78, 5) is 29.4. The third-order valence-electron chi connectivity index (χ3n) is 4.88. The Balaban J connectivity index is 1.74. The van der Waals surface area contributed by atoms with Crippen molar-refractivity contribution in [3.63, 3.8) is 0 Å². The molecule has 3 aromatic carbocycles. The molecule has 182 valence electrons. The van der Waals surface area contributed by atoms with Crippen molar-refractivity contribution in [2.24, 2.45) is 0 Å². The average molecular weight is 552 g/mol. The zero-order valence-electron chi connectivity index (χ0n) is 17.8. The maximum Gasteiger partial charge on any atom is 0.346 e. The van der Waals surface area contributed by atoms with E-state index >= 15 is 0 Å². The van der Waals surface area contributed by atoms with Crippen LogP contribution in [0.5, 0.6) is 5.75 Å². The first-order chi connectivity index (χ1) is 17.1. The summed E-state index contributed by atoms with van der Waals surface area (Å²) in [5.41, 5.74) is -0.0472. The number of rotatable bonds is 5. The molecule has 0 aliphatic rings. The molecule has 0 aliphatic heterocycles. The summed E-state index contributed by atoms with van der Waals surface area (Å²) in [5.74, 6) is -4.73. The summed E-state index contributed by atoms with van der Waals surface area (Å²) in [5, 5.41) is 2.10. The minimum Gasteiger partial charge on any atom is -0.422 e. The number of carbonyl (C=O) groups excluding carboxylic acids is 2. The Hall–Kier alpha value is -3.59. The Bertz CT molecular complexity index is 1500. The van der Waals surface area contributed by atoms with E-state index in [9.17, 15) is 22.8 Å². The van der Waals surface area contributed by atoms with Crippen LogP contribution in [-0.4, -0.2) is 16.9 Å². The van der Waals surface area contributed by atoms with Gasteiger partial charge in [0.15, 0.2) is 11.0 Å². The zero-order valence-corrected chi connectivity index (χ0v) is 20.1. The number of hydrogen-bond acceptors (Lipinski definition) is 4. The van der Waals surface area contributed by atoms with E-state index in [4.69, 9.17) is 39.5 Å². The highest BCUT2D eigenvalue weighted by Crippen LogP contribution is 2.31. The van der Waals surface area contributed by atoms with Crippen molar-refractivity contribution < 1.29 is 27.5 Å². The summed E-state index contributed by atoms with van der Waals surface area (Å²) in [6.45, 7) is 0. The molecular formula is C25H12Cl3F3N2O3. The van der Waals surface area contributed by atoms with Gasteiger partial charge in [-0.2, -0.15) is 0 Å². The smallest absolute Gasteiger partial charge is 0.346 e. The predicted octanol–water partition coefficient (Wildman–Crippen LogP) is 7.60. The molecular weight excluding hydrogens is 540 g/mol. The van der Waals surface area contributed by atoms with Gasteiger partial charge in [-0.05, 0) is 60.2 Å². The molecule has 0 radical (unpaired) electrons. The number of esters is 1. The lowest BCUT2D eigenvalue weighted by Crippen LogP contribution is -2.17. The molecule has 0 spiro atoms. The number of nitrogens with one attached hydrogen (secondary N) is 1. The maximum atomic E-state index is 14.4. The van der Waals surface area contributed by atoms with Gasteiger partial charge in [-0.3, -0.25) is 4.79 Å². The SMILES string of the molecule is O=C(Nc1ccc(Cl)cc1)c1cc(-c2ccc(F)cc2F)ccc1OC(=O)c1cc(F)c(Cl)nc1Cl. The van der Waals surface area contributed by atoms with E-state index in [2.05, 4.69) is 10.3 Å². The summed E-state index contributed by atoms with van der Waals surface area (Å²) in [7, 11) is 0. The molecule has 0 atom stereocenters. The fraction of sp³-hybridized carbons (Fsp3) is 0. The molecule has 0 unspecified atom stereocenters. The zero-order chi connectivity index (χ0) is 26.0. The van der Waals surface area contributed by atoms with Crippen molar-refractivity contribution in [2.45, 2.75) is 0 Å². The Labute approximate surface area is 217 Å². The van der Waals surface area contributed by atoms with Crippen molar-refractivity contribution in [3.05, 3.63) is 111 Å². The third-order valence-corrected chi connectivity index (χ3v) is 5.68. The number of nitrogens with zero attached hydrogens (tertiary/aromatic N) is 1. The minimum atomic E-state index is -1.12. The molecule has 1 aromatic heterocycles. The molecule has 0 bridgehead atoms. The lowest BCUT2D eigenvalue weighted by atomic mass is 10.0. The number of aromatic nitrogens is 1. The van der Waals surface area contributed by atoms with Crippen LogP contribution in [0.2, 0.25) is 15.3 Å². The van der Waals surface area contributed by atoms with E-state index in [1.54, 1.807) is 12.1 Å². The van der Waals surface area contributed by atoms with Crippen molar-refractivity contribution in [3.8, 4) is 16.9 Å². The van der Waals surface area contributed by atoms with Gasteiger partial charge < -0.3 is 10.1 Å². The molecule has 1 N–H and O–H groups in total. The Kier molecular flexibility index (Phi) is 7.49. The Morgan fingerprint density at radius 2 is 1.50 bits per heavy atom. The average Bonchev–Trinajstić information content (AvgIpc) is 2.83. The molecule has 11 heteroatoms. The van der Waals surface area contributed by atoms with Crippen molar-refractivity contribution >= 4 is 52.4 Å². The first kappa shape index (κ1) is 25.5. The van der Waals surface area contributed by atoms with Gasteiger partial charge in [0.25, 0.3) is 5.91 Å². The van der Waals surface area contributed by atoms with Gasteiger partial charge in [-0.15, -0.1) is 0 Å². The van der Waals surface area contributed by atoms with E-state index in [1.807, 2.05) is 0 Å². The van der Waals surface area contributed by atoms with Crippen LogP contribution < -0.4 is 10.1 Å². The number of amides is 1. The van der Waals surface area contributed by atoms with Gasteiger partial charge in [0.1, 0.15) is 28.1 Å². The lowest BCUT2D eigenvalue weighted by molar-refractivity contribution is 0.0732. The van der Waals surface area contributed by atoms with Crippen LogP contribution in [0.25, 0.3) is 11.1 Å².